The molecule has 0 N–H and O–H groups in total. The third-order valence-corrected chi connectivity index (χ3v) is 9.20. The molecular formula is C22H35NO3. The standard InChI is InChI=1S/C22H35NO3/c1-21(18-12-16-11-17(14-18)15-19(21)13-16)26-20(24)22(7-3-4-8-22)23(25)9-5-2-6-10-23/h16-19H,2-15H2,1H3. The number of carbonyl (C=O) groups is 1. The second-order valence-corrected chi connectivity index (χ2v) is 10.5. The van der Waals surface area contributed by atoms with Crippen LogP contribution in [-0.2, 0) is 9.53 Å². The van der Waals surface area contributed by atoms with Gasteiger partial charge in [-0.25, -0.2) is 4.79 Å². The van der Waals surface area contributed by atoms with E-state index in [-0.39, 0.29) is 16.2 Å². The van der Waals surface area contributed by atoms with Crippen LogP contribution < -0.4 is 0 Å². The van der Waals surface area contributed by atoms with Gasteiger partial charge in [-0.15, -0.1) is 0 Å². The number of carbonyl (C=O) groups excluding carboxylic acids is 1. The molecule has 6 aliphatic rings. The highest BCUT2D eigenvalue weighted by molar-refractivity contribution is 5.80. The molecule has 0 spiro atoms. The summed E-state index contributed by atoms with van der Waals surface area (Å²) in [4.78, 5) is 13.6. The van der Waals surface area contributed by atoms with Crippen molar-refractivity contribution in [2.45, 2.75) is 95.1 Å². The summed E-state index contributed by atoms with van der Waals surface area (Å²) < 4.78 is 6.18. The van der Waals surface area contributed by atoms with Gasteiger partial charge in [-0.05, 0) is 94.8 Å². The number of hydrogen-bond acceptors (Lipinski definition) is 3. The van der Waals surface area contributed by atoms with Crippen molar-refractivity contribution in [1.82, 2.24) is 0 Å². The lowest BCUT2D eigenvalue weighted by Crippen LogP contribution is -2.68. The third-order valence-electron chi connectivity index (χ3n) is 9.20. The lowest BCUT2D eigenvalue weighted by molar-refractivity contribution is -0.926. The van der Waals surface area contributed by atoms with Crippen molar-refractivity contribution in [2.75, 3.05) is 13.1 Å². The van der Waals surface area contributed by atoms with E-state index in [0.29, 0.717) is 24.9 Å². The number of rotatable bonds is 3. The molecule has 146 valence electrons. The molecule has 6 rings (SSSR count). The van der Waals surface area contributed by atoms with Gasteiger partial charge in [0, 0.05) is 12.8 Å². The van der Waals surface area contributed by atoms with E-state index in [0.717, 1.165) is 56.8 Å². The molecule has 0 aromatic rings. The first-order chi connectivity index (χ1) is 12.5. The fourth-order valence-electron chi connectivity index (χ4n) is 7.77. The minimum Gasteiger partial charge on any atom is -0.632 e. The summed E-state index contributed by atoms with van der Waals surface area (Å²) in [6, 6.07) is 0. The van der Waals surface area contributed by atoms with Crippen LogP contribution in [0.2, 0.25) is 0 Å². The van der Waals surface area contributed by atoms with Gasteiger partial charge in [-0.3, -0.25) is 0 Å². The Morgan fingerprint density at radius 1 is 0.885 bits per heavy atom. The first-order valence-corrected chi connectivity index (χ1v) is 11.3. The average molecular weight is 362 g/mol. The van der Waals surface area contributed by atoms with Crippen molar-refractivity contribution >= 4 is 5.97 Å². The second kappa shape index (κ2) is 5.94. The van der Waals surface area contributed by atoms with Crippen molar-refractivity contribution < 1.29 is 14.2 Å². The number of hydroxylamine groups is 3. The Bertz CT molecular complexity index is 546. The van der Waals surface area contributed by atoms with Gasteiger partial charge < -0.3 is 14.6 Å². The van der Waals surface area contributed by atoms with Gasteiger partial charge in [0.1, 0.15) is 5.60 Å². The molecule has 1 heterocycles. The zero-order valence-corrected chi connectivity index (χ0v) is 16.4. The lowest BCUT2D eigenvalue weighted by atomic mass is 9.50. The Balaban J connectivity index is 1.41. The van der Waals surface area contributed by atoms with Crippen LogP contribution in [0.4, 0.5) is 0 Å². The molecule has 5 saturated carbocycles. The smallest absolute Gasteiger partial charge is 0.369 e. The van der Waals surface area contributed by atoms with Gasteiger partial charge in [0.2, 0.25) is 0 Å². The summed E-state index contributed by atoms with van der Waals surface area (Å²) >= 11 is 0. The highest BCUT2D eigenvalue weighted by Gasteiger charge is 2.61. The number of nitrogens with zero attached hydrogens (tertiary/aromatic N) is 1. The summed E-state index contributed by atoms with van der Waals surface area (Å²) in [7, 11) is 0. The number of likely N-dealkylation sites (tertiary alicyclic amines) is 1. The molecule has 5 aliphatic carbocycles. The molecule has 0 radical (unpaired) electrons. The zero-order chi connectivity index (χ0) is 18.0. The fourth-order valence-corrected chi connectivity index (χ4v) is 7.77. The largest absolute Gasteiger partial charge is 0.632 e. The average Bonchev–Trinajstić information content (AvgIpc) is 3.12. The highest BCUT2D eigenvalue weighted by atomic mass is 16.6. The van der Waals surface area contributed by atoms with Gasteiger partial charge in [-0.2, -0.15) is 0 Å². The van der Waals surface area contributed by atoms with Crippen LogP contribution in [-0.4, -0.2) is 34.8 Å². The molecule has 6 fully saturated rings. The van der Waals surface area contributed by atoms with Crippen LogP contribution in [0.5, 0.6) is 0 Å². The predicted octanol–water partition coefficient (Wildman–Crippen LogP) is 4.56. The minimum absolute atomic E-state index is 0.123. The second-order valence-electron chi connectivity index (χ2n) is 10.5. The van der Waals surface area contributed by atoms with E-state index in [1.54, 1.807) is 0 Å². The van der Waals surface area contributed by atoms with Crippen LogP contribution >= 0.6 is 0 Å². The fraction of sp³-hybridized carbons (Fsp3) is 0.955. The van der Waals surface area contributed by atoms with Crippen molar-refractivity contribution in [3.63, 3.8) is 0 Å². The van der Waals surface area contributed by atoms with Crippen LogP contribution in [0, 0.1) is 28.9 Å². The van der Waals surface area contributed by atoms with E-state index in [4.69, 9.17) is 4.74 Å². The molecule has 0 amide bonds. The number of quaternary nitrogens is 1. The molecule has 0 aromatic heterocycles. The summed E-state index contributed by atoms with van der Waals surface area (Å²) in [6.45, 7) is 3.44. The minimum atomic E-state index is -0.794. The molecular weight excluding hydrogens is 326 g/mol. The van der Waals surface area contributed by atoms with Crippen molar-refractivity contribution in [3.05, 3.63) is 5.21 Å². The number of esters is 1. The molecule has 0 atom stereocenters. The van der Waals surface area contributed by atoms with E-state index in [1.807, 2.05) is 0 Å². The number of hydrogen-bond donors (Lipinski definition) is 0. The van der Waals surface area contributed by atoms with Crippen LogP contribution in [0.15, 0.2) is 0 Å². The van der Waals surface area contributed by atoms with E-state index >= 15 is 0 Å². The summed E-state index contributed by atoms with van der Waals surface area (Å²) in [5.74, 6) is 2.67. The Hall–Kier alpha value is -0.610. The van der Waals surface area contributed by atoms with Crippen LogP contribution in [0.3, 0.4) is 0 Å². The molecule has 4 heteroatoms. The molecule has 4 bridgehead atoms. The molecule has 0 unspecified atom stereocenters. The number of piperidine rings is 1. The van der Waals surface area contributed by atoms with Gasteiger partial charge >= 0.3 is 5.97 Å². The maximum Gasteiger partial charge on any atom is 0.369 e. The summed E-state index contributed by atoms with van der Waals surface area (Å²) in [5.41, 5.74) is -1.10. The van der Waals surface area contributed by atoms with Crippen molar-refractivity contribution in [1.29, 1.82) is 0 Å². The first-order valence-electron chi connectivity index (χ1n) is 11.3. The topological polar surface area (TPSA) is 49.4 Å². The van der Waals surface area contributed by atoms with E-state index < -0.39 is 5.54 Å². The van der Waals surface area contributed by atoms with Crippen molar-refractivity contribution in [2.24, 2.45) is 23.7 Å². The maximum absolute atomic E-state index is 13.8. The summed E-state index contributed by atoms with van der Waals surface area (Å²) in [6.07, 6.45) is 12.9. The van der Waals surface area contributed by atoms with Gasteiger partial charge in [0.05, 0.1) is 13.1 Å². The van der Waals surface area contributed by atoms with Crippen LogP contribution in [0.25, 0.3) is 0 Å². The maximum atomic E-state index is 13.8. The third kappa shape index (κ3) is 2.37. The molecule has 4 nitrogen and oxygen atoms in total. The van der Waals surface area contributed by atoms with E-state index in [2.05, 4.69) is 6.92 Å². The quantitative estimate of drug-likeness (QED) is 0.421. The Kier molecular flexibility index (Phi) is 4.00. The predicted molar refractivity (Wildman–Crippen MR) is 100.0 cm³/mol. The Morgan fingerprint density at radius 3 is 1.96 bits per heavy atom. The lowest BCUT2D eigenvalue weighted by Gasteiger charge is -2.61. The zero-order valence-electron chi connectivity index (χ0n) is 16.4. The van der Waals surface area contributed by atoms with Gasteiger partial charge in [0.25, 0.3) is 0 Å². The van der Waals surface area contributed by atoms with Crippen molar-refractivity contribution in [3.8, 4) is 0 Å². The Labute approximate surface area is 157 Å². The normalized spacial score (nSPS) is 45.6. The molecule has 26 heavy (non-hydrogen) atoms. The first kappa shape index (κ1) is 17.5. The van der Waals surface area contributed by atoms with Gasteiger partial charge in [0.15, 0.2) is 5.54 Å². The van der Waals surface area contributed by atoms with Gasteiger partial charge in [-0.1, -0.05) is 0 Å². The highest BCUT2D eigenvalue weighted by Crippen LogP contribution is 2.60. The SMILES string of the molecule is CC1(OC(=O)C2([N+]3([O-])CCCCC3)CCCC2)C2CC3CC(C2)CC1C3. The number of ether oxygens (including phenoxy) is 1. The molecule has 1 aliphatic heterocycles. The molecule has 1 saturated heterocycles. The summed E-state index contributed by atoms with van der Waals surface area (Å²) in [5, 5.41) is 13.8. The molecule has 0 aromatic carbocycles. The van der Waals surface area contributed by atoms with E-state index in [9.17, 15) is 10.0 Å². The van der Waals surface area contributed by atoms with Crippen LogP contribution in [0.1, 0.15) is 84.0 Å². The Morgan fingerprint density at radius 2 is 1.42 bits per heavy atom. The monoisotopic (exact) mass is 361 g/mol. The van der Waals surface area contributed by atoms with E-state index in [1.165, 1.54) is 32.1 Å².